The predicted octanol–water partition coefficient (Wildman–Crippen LogP) is 2.98. The van der Waals surface area contributed by atoms with E-state index >= 15 is 0 Å². The second kappa shape index (κ2) is 9.46. The number of benzene rings is 2. The van der Waals surface area contributed by atoms with Crippen LogP contribution in [0.1, 0.15) is 56.1 Å². The van der Waals surface area contributed by atoms with Crippen molar-refractivity contribution in [1.82, 2.24) is 15.1 Å². The molecule has 1 atom stereocenters. The van der Waals surface area contributed by atoms with E-state index < -0.39 is 5.97 Å². The minimum Gasteiger partial charge on any atom is -0.465 e. The minimum absolute atomic E-state index is 0.00294. The van der Waals surface area contributed by atoms with Gasteiger partial charge in [-0.2, -0.15) is 5.10 Å². The zero-order valence-corrected chi connectivity index (χ0v) is 19.0. The number of nitrogens with zero attached hydrogens (tertiary/aromatic N) is 3. The summed E-state index contributed by atoms with van der Waals surface area (Å²) < 4.78 is 6.62. The summed E-state index contributed by atoms with van der Waals surface area (Å²) in [7, 11) is 1.35. The van der Waals surface area contributed by atoms with E-state index in [0.717, 1.165) is 29.1 Å². The maximum atomic E-state index is 13.3. The van der Waals surface area contributed by atoms with Gasteiger partial charge in [0.05, 0.1) is 37.6 Å². The highest BCUT2D eigenvalue weighted by molar-refractivity contribution is 6.00. The molecule has 0 spiro atoms. The summed E-state index contributed by atoms with van der Waals surface area (Å²) in [5, 5.41) is 17.1. The van der Waals surface area contributed by atoms with E-state index in [2.05, 4.69) is 15.3 Å². The monoisotopic (exact) mass is 448 g/mol. The van der Waals surface area contributed by atoms with E-state index in [4.69, 9.17) is 4.74 Å². The van der Waals surface area contributed by atoms with Crippen LogP contribution in [0.3, 0.4) is 0 Å². The topological polar surface area (TPSA) is 96.7 Å². The van der Waals surface area contributed by atoms with Crippen molar-refractivity contribution in [3.63, 3.8) is 0 Å². The molecule has 0 saturated carbocycles. The van der Waals surface area contributed by atoms with Gasteiger partial charge in [-0.15, -0.1) is 0 Å². The zero-order valence-electron chi connectivity index (χ0n) is 19.0. The third-order valence-corrected chi connectivity index (χ3v) is 5.94. The number of aryl methyl sites for hydroxylation is 1. The SMILES string of the molecule is COC(=O)c1ccc([C@H](C)NC(=O)c2c(C)nn3c2N(Cc2cccc(CO)c2)CC3)cc1. The lowest BCUT2D eigenvalue weighted by molar-refractivity contribution is 0.0600. The van der Waals surface area contributed by atoms with Crippen LogP contribution in [-0.4, -0.2) is 40.4 Å². The number of ether oxygens (including phenoxy) is 1. The average Bonchev–Trinajstić information content (AvgIpc) is 3.36. The molecule has 0 bridgehead atoms. The number of carbonyl (C=O) groups excluding carboxylic acids is 2. The Morgan fingerprint density at radius 1 is 1.15 bits per heavy atom. The number of anilines is 1. The van der Waals surface area contributed by atoms with Gasteiger partial charge in [-0.05, 0) is 42.7 Å². The Kier molecular flexibility index (Phi) is 6.46. The van der Waals surface area contributed by atoms with Crippen LogP contribution in [-0.2, 0) is 24.4 Å². The smallest absolute Gasteiger partial charge is 0.337 e. The highest BCUT2D eigenvalue weighted by Crippen LogP contribution is 2.30. The molecular formula is C25H28N4O4. The number of aliphatic hydroxyl groups excluding tert-OH is 1. The molecule has 2 N–H and O–H groups in total. The summed E-state index contributed by atoms with van der Waals surface area (Å²) in [6.45, 7) is 5.86. The Morgan fingerprint density at radius 2 is 1.88 bits per heavy atom. The van der Waals surface area contributed by atoms with Gasteiger partial charge in [-0.25, -0.2) is 9.48 Å². The summed E-state index contributed by atoms with van der Waals surface area (Å²) >= 11 is 0. The van der Waals surface area contributed by atoms with Crippen molar-refractivity contribution in [2.75, 3.05) is 18.6 Å². The van der Waals surface area contributed by atoms with Crippen molar-refractivity contribution in [1.29, 1.82) is 0 Å². The molecule has 1 aromatic heterocycles. The molecule has 0 saturated heterocycles. The molecule has 3 aromatic rings. The third kappa shape index (κ3) is 4.61. The molecule has 0 unspecified atom stereocenters. The fourth-order valence-electron chi connectivity index (χ4n) is 4.21. The number of fused-ring (bicyclic) bond motifs is 1. The van der Waals surface area contributed by atoms with E-state index in [0.29, 0.717) is 29.9 Å². The van der Waals surface area contributed by atoms with Crippen molar-refractivity contribution in [2.24, 2.45) is 0 Å². The summed E-state index contributed by atoms with van der Waals surface area (Å²) in [6.07, 6.45) is 0. The van der Waals surface area contributed by atoms with Gasteiger partial charge in [0, 0.05) is 13.1 Å². The van der Waals surface area contributed by atoms with Gasteiger partial charge < -0.3 is 20.1 Å². The maximum Gasteiger partial charge on any atom is 0.337 e. The molecule has 2 aromatic carbocycles. The van der Waals surface area contributed by atoms with Gasteiger partial charge in [0.1, 0.15) is 11.4 Å². The van der Waals surface area contributed by atoms with Crippen LogP contribution in [0, 0.1) is 6.92 Å². The molecule has 0 fully saturated rings. The Bertz CT molecular complexity index is 1170. The van der Waals surface area contributed by atoms with Gasteiger partial charge in [0.15, 0.2) is 0 Å². The van der Waals surface area contributed by atoms with Gasteiger partial charge in [-0.1, -0.05) is 36.4 Å². The average molecular weight is 449 g/mol. The predicted molar refractivity (Wildman–Crippen MR) is 124 cm³/mol. The van der Waals surface area contributed by atoms with E-state index in [-0.39, 0.29) is 18.6 Å². The van der Waals surface area contributed by atoms with Gasteiger partial charge in [0.25, 0.3) is 5.91 Å². The first kappa shape index (κ1) is 22.5. The molecule has 4 rings (SSSR count). The molecule has 33 heavy (non-hydrogen) atoms. The Hall–Kier alpha value is -3.65. The van der Waals surface area contributed by atoms with Gasteiger partial charge in [-0.3, -0.25) is 4.79 Å². The number of hydrogen-bond donors (Lipinski definition) is 2. The van der Waals surface area contributed by atoms with Crippen molar-refractivity contribution in [2.45, 2.75) is 39.6 Å². The van der Waals surface area contributed by atoms with Crippen LogP contribution in [0.2, 0.25) is 0 Å². The fraction of sp³-hybridized carbons (Fsp3) is 0.320. The Labute approximate surface area is 192 Å². The normalized spacial score (nSPS) is 13.5. The number of aromatic nitrogens is 2. The molecule has 0 radical (unpaired) electrons. The molecule has 8 heteroatoms. The molecule has 1 amide bonds. The van der Waals surface area contributed by atoms with Crippen LogP contribution in [0.5, 0.6) is 0 Å². The number of methoxy groups -OCH3 is 1. The molecule has 1 aliphatic heterocycles. The Balaban J connectivity index is 1.52. The summed E-state index contributed by atoms with van der Waals surface area (Å²) in [6, 6.07) is 14.6. The number of carbonyl (C=O) groups is 2. The molecule has 8 nitrogen and oxygen atoms in total. The molecule has 2 heterocycles. The van der Waals surface area contributed by atoms with Crippen LogP contribution >= 0.6 is 0 Å². The molecule has 1 aliphatic rings. The van der Waals surface area contributed by atoms with Gasteiger partial charge in [0.2, 0.25) is 0 Å². The standard InChI is InChI=1S/C25H28N4O4/c1-16(20-7-9-21(10-8-20)25(32)33-3)26-23(31)22-17(2)27-29-12-11-28(24(22)29)14-18-5-4-6-19(13-18)15-30/h4-10,13,16,30H,11-12,14-15H2,1-3H3,(H,26,31)/t16-/m0/s1. The largest absolute Gasteiger partial charge is 0.465 e. The first-order valence-electron chi connectivity index (χ1n) is 10.9. The highest BCUT2D eigenvalue weighted by Gasteiger charge is 2.30. The lowest BCUT2D eigenvalue weighted by atomic mass is 10.1. The van der Waals surface area contributed by atoms with Crippen LogP contribution in [0.25, 0.3) is 0 Å². The summed E-state index contributed by atoms with van der Waals surface area (Å²) in [4.78, 5) is 27.1. The van der Waals surface area contributed by atoms with Crippen LogP contribution in [0.15, 0.2) is 48.5 Å². The number of amides is 1. The second-order valence-corrected chi connectivity index (χ2v) is 8.22. The summed E-state index contributed by atoms with van der Waals surface area (Å²) in [5.74, 6) is 0.232. The first-order valence-corrected chi connectivity index (χ1v) is 10.9. The summed E-state index contributed by atoms with van der Waals surface area (Å²) in [5.41, 5.74) is 4.54. The Morgan fingerprint density at radius 3 is 2.58 bits per heavy atom. The number of esters is 1. The van der Waals surface area contributed by atoms with Crippen LogP contribution < -0.4 is 10.2 Å². The van der Waals surface area contributed by atoms with Crippen molar-refractivity contribution >= 4 is 17.7 Å². The quantitative estimate of drug-likeness (QED) is 0.540. The molecule has 0 aliphatic carbocycles. The van der Waals surface area contributed by atoms with E-state index in [1.165, 1.54) is 7.11 Å². The maximum absolute atomic E-state index is 13.3. The molecule has 172 valence electrons. The number of aliphatic hydroxyl groups is 1. The third-order valence-electron chi connectivity index (χ3n) is 5.94. The van der Waals surface area contributed by atoms with Crippen molar-refractivity contribution in [3.8, 4) is 0 Å². The lowest BCUT2D eigenvalue weighted by Gasteiger charge is -2.20. The molecular weight excluding hydrogens is 420 g/mol. The van der Waals surface area contributed by atoms with Gasteiger partial charge >= 0.3 is 5.97 Å². The zero-order chi connectivity index (χ0) is 23.5. The number of nitrogens with one attached hydrogen (secondary N) is 1. The number of rotatable bonds is 7. The van der Waals surface area contributed by atoms with E-state index in [9.17, 15) is 14.7 Å². The lowest BCUT2D eigenvalue weighted by Crippen LogP contribution is -2.29. The van der Waals surface area contributed by atoms with E-state index in [1.54, 1.807) is 12.1 Å². The number of hydrogen-bond acceptors (Lipinski definition) is 6. The first-order chi connectivity index (χ1) is 15.9. The van der Waals surface area contributed by atoms with Crippen LogP contribution in [0.4, 0.5) is 5.82 Å². The highest BCUT2D eigenvalue weighted by atomic mass is 16.5. The van der Waals surface area contributed by atoms with Crippen molar-refractivity contribution in [3.05, 3.63) is 82.0 Å². The van der Waals surface area contributed by atoms with E-state index in [1.807, 2.05) is 54.9 Å². The second-order valence-electron chi connectivity index (χ2n) is 8.22. The van der Waals surface area contributed by atoms with Crippen molar-refractivity contribution < 1.29 is 19.4 Å². The fourth-order valence-corrected chi connectivity index (χ4v) is 4.21. The minimum atomic E-state index is -0.395.